The molecule has 0 spiro atoms. The highest BCUT2D eigenvalue weighted by Gasteiger charge is 2.22. The Hall–Kier alpha value is -2.42. The lowest BCUT2D eigenvalue weighted by atomic mass is 9.94. The van der Waals surface area contributed by atoms with Crippen LogP contribution in [0.25, 0.3) is 0 Å². The van der Waals surface area contributed by atoms with Gasteiger partial charge in [0.1, 0.15) is 0 Å². The number of amides is 2. The molecule has 1 heterocycles. The SMILES string of the molecule is CN(C(=O)CSCC(=O)OCC(=O)Nc1ccc2c(c1)OCO2)C1CCCCC1. The maximum atomic E-state index is 12.2. The number of esters is 1. The maximum Gasteiger partial charge on any atom is 0.316 e. The zero-order valence-electron chi connectivity index (χ0n) is 16.5. The third kappa shape index (κ3) is 6.28. The van der Waals surface area contributed by atoms with Crippen LogP contribution in [0.1, 0.15) is 32.1 Å². The Morgan fingerprint density at radius 2 is 1.90 bits per heavy atom. The van der Waals surface area contributed by atoms with Gasteiger partial charge in [0.2, 0.25) is 12.7 Å². The highest BCUT2D eigenvalue weighted by molar-refractivity contribution is 8.00. The summed E-state index contributed by atoms with van der Waals surface area (Å²) in [5.41, 5.74) is 0.529. The Morgan fingerprint density at radius 1 is 1.14 bits per heavy atom. The largest absolute Gasteiger partial charge is 0.455 e. The van der Waals surface area contributed by atoms with Crippen molar-refractivity contribution < 1.29 is 28.6 Å². The van der Waals surface area contributed by atoms with Crippen LogP contribution in [0, 0.1) is 0 Å². The molecule has 3 rings (SSSR count). The molecule has 2 aliphatic rings. The highest BCUT2D eigenvalue weighted by Crippen LogP contribution is 2.34. The molecule has 2 amide bonds. The van der Waals surface area contributed by atoms with Crippen LogP contribution in [-0.4, -0.2) is 60.7 Å². The van der Waals surface area contributed by atoms with Crippen molar-refractivity contribution in [2.75, 3.05) is 37.3 Å². The molecule has 8 nitrogen and oxygen atoms in total. The van der Waals surface area contributed by atoms with Crippen molar-refractivity contribution in [3.05, 3.63) is 18.2 Å². The van der Waals surface area contributed by atoms with Gasteiger partial charge in [0, 0.05) is 24.8 Å². The molecule has 0 saturated heterocycles. The molecule has 0 aromatic heterocycles. The summed E-state index contributed by atoms with van der Waals surface area (Å²) in [5.74, 6) is 0.483. The molecule has 0 bridgehead atoms. The summed E-state index contributed by atoms with van der Waals surface area (Å²) in [5, 5.41) is 2.63. The van der Waals surface area contributed by atoms with Crippen LogP contribution in [-0.2, 0) is 19.1 Å². The molecule has 1 aromatic rings. The molecule has 0 unspecified atom stereocenters. The standard InChI is InChI=1S/C20H26N2O6S/c1-22(15-5-3-2-4-6-15)19(24)11-29-12-20(25)26-10-18(23)21-14-7-8-16-17(9-14)28-13-27-16/h7-9,15H,2-6,10-13H2,1H3,(H,21,23). The van der Waals surface area contributed by atoms with Gasteiger partial charge in [-0.15, -0.1) is 11.8 Å². The van der Waals surface area contributed by atoms with Crippen LogP contribution in [0.15, 0.2) is 18.2 Å². The number of nitrogens with one attached hydrogen (secondary N) is 1. The average molecular weight is 423 g/mol. The summed E-state index contributed by atoms with van der Waals surface area (Å²) in [6.07, 6.45) is 5.66. The highest BCUT2D eigenvalue weighted by atomic mass is 32.2. The van der Waals surface area contributed by atoms with Crippen LogP contribution in [0.2, 0.25) is 0 Å². The second-order valence-corrected chi connectivity index (χ2v) is 8.05. The summed E-state index contributed by atoms with van der Waals surface area (Å²) in [4.78, 5) is 37.8. The molecule has 1 aliphatic heterocycles. The molecule has 0 atom stereocenters. The van der Waals surface area contributed by atoms with Gasteiger partial charge in [-0.05, 0) is 25.0 Å². The van der Waals surface area contributed by atoms with E-state index < -0.39 is 11.9 Å². The number of thioether (sulfide) groups is 1. The Bertz CT molecular complexity index is 750. The fourth-order valence-corrected chi connectivity index (χ4v) is 4.08. The van der Waals surface area contributed by atoms with Crippen LogP contribution >= 0.6 is 11.8 Å². The summed E-state index contributed by atoms with van der Waals surface area (Å²) in [6.45, 7) is -0.231. The first-order valence-electron chi connectivity index (χ1n) is 9.71. The van der Waals surface area contributed by atoms with Crippen molar-refractivity contribution in [2.45, 2.75) is 38.1 Å². The van der Waals surface area contributed by atoms with E-state index in [1.165, 1.54) is 18.2 Å². The second-order valence-electron chi connectivity index (χ2n) is 7.07. The van der Waals surface area contributed by atoms with Gasteiger partial charge in [-0.2, -0.15) is 0 Å². The fourth-order valence-electron chi connectivity index (χ4n) is 3.35. The predicted molar refractivity (Wildman–Crippen MR) is 109 cm³/mol. The smallest absolute Gasteiger partial charge is 0.316 e. The van der Waals surface area contributed by atoms with Crippen LogP contribution < -0.4 is 14.8 Å². The minimum absolute atomic E-state index is 0.0234. The molecule has 29 heavy (non-hydrogen) atoms. The van der Waals surface area contributed by atoms with E-state index in [0.717, 1.165) is 25.7 Å². The van der Waals surface area contributed by atoms with Gasteiger partial charge < -0.3 is 24.4 Å². The second kappa shape index (κ2) is 10.4. The average Bonchev–Trinajstić information content (AvgIpc) is 3.20. The third-order valence-corrected chi connectivity index (χ3v) is 5.87. The minimum atomic E-state index is -0.524. The zero-order valence-corrected chi connectivity index (χ0v) is 17.3. The van der Waals surface area contributed by atoms with Crippen molar-refractivity contribution in [1.82, 2.24) is 4.90 Å². The van der Waals surface area contributed by atoms with Gasteiger partial charge in [0.05, 0.1) is 11.5 Å². The number of carbonyl (C=O) groups is 3. The lowest BCUT2D eigenvalue weighted by Crippen LogP contribution is -2.39. The number of anilines is 1. The Labute approximate surface area is 174 Å². The predicted octanol–water partition coefficient (Wildman–Crippen LogP) is 2.42. The fraction of sp³-hybridized carbons (Fsp3) is 0.550. The van der Waals surface area contributed by atoms with Gasteiger partial charge >= 0.3 is 5.97 Å². The van der Waals surface area contributed by atoms with Crippen molar-refractivity contribution in [2.24, 2.45) is 0 Å². The monoisotopic (exact) mass is 422 g/mol. The first-order valence-corrected chi connectivity index (χ1v) is 10.9. The summed E-state index contributed by atoms with van der Waals surface area (Å²) in [7, 11) is 1.83. The molecule has 1 saturated carbocycles. The molecule has 1 aliphatic carbocycles. The number of fused-ring (bicyclic) bond motifs is 1. The summed E-state index contributed by atoms with van der Waals surface area (Å²) >= 11 is 1.20. The minimum Gasteiger partial charge on any atom is -0.455 e. The van der Waals surface area contributed by atoms with E-state index in [4.69, 9.17) is 14.2 Å². The topological polar surface area (TPSA) is 94.2 Å². The molecule has 158 valence electrons. The van der Waals surface area contributed by atoms with Gasteiger partial charge in [-0.25, -0.2) is 0 Å². The summed E-state index contributed by atoms with van der Waals surface area (Å²) in [6, 6.07) is 5.33. The number of nitrogens with zero attached hydrogens (tertiary/aromatic N) is 1. The number of rotatable bonds is 8. The van der Waals surface area contributed by atoms with Crippen molar-refractivity contribution in [1.29, 1.82) is 0 Å². The van der Waals surface area contributed by atoms with E-state index >= 15 is 0 Å². The van der Waals surface area contributed by atoms with Crippen molar-refractivity contribution >= 4 is 35.2 Å². The first-order chi connectivity index (χ1) is 14.0. The van der Waals surface area contributed by atoms with Crippen molar-refractivity contribution in [3.8, 4) is 11.5 Å². The zero-order chi connectivity index (χ0) is 20.6. The Balaban J connectivity index is 1.31. The number of ether oxygens (including phenoxy) is 3. The van der Waals surface area contributed by atoms with E-state index in [9.17, 15) is 14.4 Å². The van der Waals surface area contributed by atoms with Gasteiger partial charge in [0.15, 0.2) is 18.1 Å². The van der Waals surface area contributed by atoms with Gasteiger partial charge in [-0.1, -0.05) is 19.3 Å². The Morgan fingerprint density at radius 3 is 2.69 bits per heavy atom. The Kier molecular flexibility index (Phi) is 7.62. The molecular formula is C20H26N2O6S. The van der Waals surface area contributed by atoms with Crippen LogP contribution in [0.4, 0.5) is 5.69 Å². The number of hydrogen-bond acceptors (Lipinski definition) is 7. The maximum absolute atomic E-state index is 12.2. The molecule has 1 fully saturated rings. The third-order valence-electron chi connectivity index (χ3n) is 4.98. The molecular weight excluding hydrogens is 396 g/mol. The van der Waals surface area contributed by atoms with E-state index in [1.807, 2.05) is 7.05 Å². The molecule has 0 radical (unpaired) electrons. The number of benzene rings is 1. The first kappa shape index (κ1) is 21.3. The number of carbonyl (C=O) groups excluding carboxylic acids is 3. The molecule has 9 heteroatoms. The quantitative estimate of drug-likeness (QED) is 0.643. The van der Waals surface area contributed by atoms with E-state index in [2.05, 4.69) is 5.32 Å². The van der Waals surface area contributed by atoms with E-state index in [1.54, 1.807) is 23.1 Å². The number of hydrogen-bond donors (Lipinski definition) is 1. The van der Waals surface area contributed by atoms with E-state index in [0.29, 0.717) is 23.2 Å². The van der Waals surface area contributed by atoms with E-state index in [-0.39, 0.29) is 30.8 Å². The van der Waals surface area contributed by atoms with Gasteiger partial charge in [-0.3, -0.25) is 14.4 Å². The molecule has 1 N–H and O–H groups in total. The summed E-state index contributed by atoms with van der Waals surface area (Å²) < 4.78 is 15.4. The normalized spacial score (nSPS) is 15.6. The lowest BCUT2D eigenvalue weighted by Gasteiger charge is -2.31. The van der Waals surface area contributed by atoms with Crippen molar-refractivity contribution in [3.63, 3.8) is 0 Å². The van der Waals surface area contributed by atoms with Crippen LogP contribution in [0.5, 0.6) is 11.5 Å². The lowest BCUT2D eigenvalue weighted by molar-refractivity contribution is -0.144. The van der Waals surface area contributed by atoms with Crippen LogP contribution in [0.3, 0.4) is 0 Å². The van der Waals surface area contributed by atoms with Gasteiger partial charge in [0.25, 0.3) is 5.91 Å². The molecule has 1 aromatic carbocycles.